The smallest absolute Gasteiger partial charge is 0.270 e. The van der Waals surface area contributed by atoms with E-state index < -0.39 is 11.7 Å². The Kier molecular flexibility index (Phi) is 5.91. The van der Waals surface area contributed by atoms with Gasteiger partial charge in [-0.25, -0.2) is 14.4 Å². The summed E-state index contributed by atoms with van der Waals surface area (Å²) in [6.07, 6.45) is 1.15. The molecule has 2 aromatic heterocycles. The first-order valence-electron chi connectivity index (χ1n) is 10.1. The molecule has 0 aliphatic heterocycles. The minimum absolute atomic E-state index is 0.0383. The Hall–Kier alpha value is -4.08. The lowest BCUT2D eigenvalue weighted by molar-refractivity contribution is -0.115. The topological polar surface area (TPSA) is 112 Å². The first-order valence-corrected chi connectivity index (χ1v) is 10.1. The molecule has 10 heteroatoms. The van der Waals surface area contributed by atoms with Gasteiger partial charge in [-0.3, -0.25) is 10.1 Å². The number of rotatable bonds is 6. The zero-order valence-corrected chi connectivity index (χ0v) is 18.5. The fourth-order valence-electron chi connectivity index (χ4n) is 2.99. The second-order valence-electron chi connectivity index (χ2n) is 8.32. The Morgan fingerprint density at radius 1 is 1.12 bits per heavy atom. The third kappa shape index (κ3) is 5.05. The monoisotopic (exact) mass is 451 g/mol. The number of nitrogens with zero attached hydrogens (tertiary/aromatic N) is 4. The molecule has 1 amide bonds. The molecule has 0 aliphatic carbocycles. The van der Waals surface area contributed by atoms with Gasteiger partial charge in [-0.05, 0) is 35.0 Å². The van der Waals surface area contributed by atoms with E-state index in [4.69, 9.17) is 14.0 Å². The van der Waals surface area contributed by atoms with Crippen molar-refractivity contribution in [2.45, 2.75) is 32.6 Å². The number of methoxy groups -OCH3 is 1. The van der Waals surface area contributed by atoms with E-state index in [-0.39, 0.29) is 35.0 Å². The molecule has 9 nitrogen and oxygen atoms in total. The number of aromatic nitrogens is 4. The van der Waals surface area contributed by atoms with Crippen LogP contribution in [0.4, 0.5) is 10.3 Å². The van der Waals surface area contributed by atoms with Crippen molar-refractivity contribution >= 4 is 22.8 Å². The van der Waals surface area contributed by atoms with E-state index in [1.807, 2.05) is 20.8 Å². The van der Waals surface area contributed by atoms with Crippen LogP contribution in [0.1, 0.15) is 32.2 Å². The average molecular weight is 451 g/mol. The average Bonchev–Trinajstić information content (AvgIpc) is 3.24. The van der Waals surface area contributed by atoms with Crippen LogP contribution in [0.25, 0.3) is 10.9 Å². The zero-order valence-electron chi connectivity index (χ0n) is 18.5. The van der Waals surface area contributed by atoms with E-state index in [1.165, 1.54) is 18.5 Å². The van der Waals surface area contributed by atoms with Gasteiger partial charge < -0.3 is 14.0 Å². The first-order chi connectivity index (χ1) is 15.7. The summed E-state index contributed by atoms with van der Waals surface area (Å²) < 4.78 is 30.8. The number of fused-ring (bicyclic) bond motifs is 1. The molecule has 0 bridgehead atoms. The Morgan fingerprint density at radius 2 is 1.91 bits per heavy atom. The number of carbonyl (C=O) groups excluding carboxylic acids is 1. The van der Waals surface area contributed by atoms with Crippen LogP contribution in [0.3, 0.4) is 0 Å². The standard InChI is InChI=1S/C23H22FN5O4/c1-23(2,3)21-28-22(29-33-21)27-19(30)9-13-5-6-15(11-17(13)24)32-20-16-10-14(31-4)7-8-18(16)25-12-26-20/h5-8,10-12H,9H2,1-4H3,(H,27,29,30). The lowest BCUT2D eigenvalue weighted by atomic mass is 9.97. The van der Waals surface area contributed by atoms with Crippen LogP contribution >= 0.6 is 0 Å². The van der Waals surface area contributed by atoms with Crippen molar-refractivity contribution in [2.75, 3.05) is 12.4 Å². The number of amides is 1. The van der Waals surface area contributed by atoms with Gasteiger partial charge in [-0.2, -0.15) is 4.98 Å². The highest BCUT2D eigenvalue weighted by atomic mass is 19.1. The molecule has 170 valence electrons. The van der Waals surface area contributed by atoms with Crippen molar-refractivity contribution in [1.29, 1.82) is 0 Å². The molecule has 2 aromatic carbocycles. The Morgan fingerprint density at radius 3 is 2.61 bits per heavy atom. The summed E-state index contributed by atoms with van der Waals surface area (Å²) in [5, 5.41) is 6.87. The van der Waals surface area contributed by atoms with Crippen molar-refractivity contribution in [3.8, 4) is 17.4 Å². The van der Waals surface area contributed by atoms with Crippen LogP contribution in [-0.4, -0.2) is 33.1 Å². The highest BCUT2D eigenvalue weighted by molar-refractivity contribution is 5.90. The maximum Gasteiger partial charge on any atom is 0.270 e. The van der Waals surface area contributed by atoms with Gasteiger partial charge >= 0.3 is 0 Å². The van der Waals surface area contributed by atoms with Crippen molar-refractivity contribution in [3.05, 3.63) is 60.0 Å². The second kappa shape index (κ2) is 8.81. The molecule has 2 heterocycles. The molecule has 4 aromatic rings. The first kappa shape index (κ1) is 22.1. The van der Waals surface area contributed by atoms with Gasteiger partial charge in [0.2, 0.25) is 17.7 Å². The van der Waals surface area contributed by atoms with E-state index in [1.54, 1.807) is 31.4 Å². The fraction of sp³-hybridized carbons (Fsp3) is 0.261. The van der Waals surface area contributed by atoms with Gasteiger partial charge in [0.25, 0.3) is 5.95 Å². The van der Waals surface area contributed by atoms with E-state index in [9.17, 15) is 9.18 Å². The van der Waals surface area contributed by atoms with Crippen LogP contribution in [0.2, 0.25) is 0 Å². The van der Waals surface area contributed by atoms with Crippen molar-refractivity contribution < 1.29 is 23.2 Å². The summed E-state index contributed by atoms with van der Waals surface area (Å²) in [6.45, 7) is 5.73. The minimum atomic E-state index is -0.595. The van der Waals surface area contributed by atoms with Crippen molar-refractivity contribution in [3.63, 3.8) is 0 Å². The summed E-state index contributed by atoms with van der Waals surface area (Å²) in [4.78, 5) is 24.8. The van der Waals surface area contributed by atoms with Gasteiger partial charge in [0, 0.05) is 11.5 Å². The van der Waals surface area contributed by atoms with E-state index in [2.05, 4.69) is 25.4 Å². The molecular weight excluding hydrogens is 429 g/mol. The molecule has 4 rings (SSSR count). The molecular formula is C23H22FN5O4. The van der Waals surface area contributed by atoms with Gasteiger partial charge in [0.1, 0.15) is 23.6 Å². The molecule has 0 fully saturated rings. The predicted octanol–water partition coefficient (Wildman–Crippen LogP) is 4.43. The molecule has 0 saturated heterocycles. The van der Waals surface area contributed by atoms with E-state index in [0.29, 0.717) is 22.5 Å². The summed E-state index contributed by atoms with van der Waals surface area (Å²) >= 11 is 0. The molecule has 0 saturated carbocycles. The Labute approximate surface area is 189 Å². The van der Waals surface area contributed by atoms with E-state index in [0.717, 1.165) is 0 Å². The number of hydrogen-bond acceptors (Lipinski definition) is 8. The molecule has 0 unspecified atom stereocenters. The third-order valence-corrected chi connectivity index (χ3v) is 4.71. The van der Waals surface area contributed by atoms with Gasteiger partial charge in [-0.1, -0.05) is 26.8 Å². The summed E-state index contributed by atoms with van der Waals surface area (Å²) in [7, 11) is 1.55. The summed E-state index contributed by atoms with van der Waals surface area (Å²) in [5.41, 5.74) is 0.497. The van der Waals surface area contributed by atoms with Crippen LogP contribution in [0.15, 0.2) is 47.2 Å². The Bertz CT molecular complexity index is 1320. The summed E-state index contributed by atoms with van der Waals surface area (Å²) in [5.74, 6) is 0.463. The fourth-order valence-corrected chi connectivity index (χ4v) is 2.99. The maximum atomic E-state index is 14.7. The molecule has 0 aliphatic rings. The maximum absolute atomic E-state index is 14.7. The number of hydrogen-bond donors (Lipinski definition) is 1. The Balaban J connectivity index is 1.47. The van der Waals surface area contributed by atoms with Crippen LogP contribution in [0, 0.1) is 5.82 Å². The van der Waals surface area contributed by atoms with E-state index >= 15 is 0 Å². The largest absolute Gasteiger partial charge is 0.497 e. The number of anilines is 1. The van der Waals surface area contributed by atoms with Crippen molar-refractivity contribution in [1.82, 2.24) is 20.1 Å². The molecule has 0 radical (unpaired) electrons. The molecule has 0 spiro atoms. The van der Waals surface area contributed by atoms with Gasteiger partial charge in [-0.15, -0.1) is 0 Å². The SMILES string of the molecule is COc1ccc2ncnc(Oc3ccc(CC(=O)Nc4noc(C(C)(C)C)n4)c(F)c3)c2c1. The third-order valence-electron chi connectivity index (χ3n) is 4.71. The lowest BCUT2D eigenvalue weighted by Crippen LogP contribution is -2.17. The number of benzene rings is 2. The number of nitrogens with one attached hydrogen (secondary N) is 1. The zero-order chi connectivity index (χ0) is 23.6. The van der Waals surface area contributed by atoms with Crippen LogP contribution < -0.4 is 14.8 Å². The molecule has 0 atom stereocenters. The highest BCUT2D eigenvalue weighted by Gasteiger charge is 2.22. The number of carbonyl (C=O) groups is 1. The number of halogens is 1. The predicted molar refractivity (Wildman–Crippen MR) is 118 cm³/mol. The lowest BCUT2D eigenvalue weighted by Gasteiger charge is -2.10. The number of ether oxygens (including phenoxy) is 2. The van der Waals surface area contributed by atoms with Crippen LogP contribution in [0.5, 0.6) is 17.4 Å². The van der Waals surface area contributed by atoms with Crippen LogP contribution in [-0.2, 0) is 16.6 Å². The summed E-state index contributed by atoms with van der Waals surface area (Å²) in [6, 6.07) is 9.53. The quantitative estimate of drug-likeness (QED) is 0.458. The molecule has 33 heavy (non-hydrogen) atoms. The molecule has 1 N–H and O–H groups in total. The minimum Gasteiger partial charge on any atom is -0.497 e. The normalized spacial score (nSPS) is 11.4. The van der Waals surface area contributed by atoms with Crippen molar-refractivity contribution in [2.24, 2.45) is 0 Å². The van der Waals surface area contributed by atoms with Gasteiger partial charge in [0.05, 0.1) is 24.4 Å². The highest BCUT2D eigenvalue weighted by Crippen LogP contribution is 2.30. The van der Waals surface area contributed by atoms with Gasteiger partial charge in [0.15, 0.2) is 0 Å². The second-order valence-corrected chi connectivity index (χ2v) is 8.32.